The van der Waals surface area contributed by atoms with Crippen LogP contribution in [0.3, 0.4) is 0 Å². The second-order valence-electron chi connectivity index (χ2n) is 13.6. The summed E-state index contributed by atoms with van der Waals surface area (Å²) in [6, 6.07) is 14.9. The molecule has 1 aromatic heterocycles. The molecule has 232 valence electrons. The molecule has 3 heterocycles. The fraction of sp³-hybridized carbons (Fsp3) is 0.543. The van der Waals surface area contributed by atoms with Crippen LogP contribution in [0.1, 0.15) is 61.6 Å². The van der Waals surface area contributed by atoms with E-state index in [1.54, 1.807) is 6.33 Å². The van der Waals surface area contributed by atoms with Gasteiger partial charge in [-0.05, 0) is 90.5 Å². The molecule has 7 rings (SSSR count). The van der Waals surface area contributed by atoms with Gasteiger partial charge in [-0.2, -0.15) is 5.10 Å². The zero-order valence-corrected chi connectivity index (χ0v) is 26.1. The summed E-state index contributed by atoms with van der Waals surface area (Å²) in [5.74, 6) is 2.00. The molecule has 44 heavy (non-hydrogen) atoms. The molecule has 2 aromatic carbocycles. The third-order valence-corrected chi connectivity index (χ3v) is 11.5. The third kappa shape index (κ3) is 6.03. The molecule has 2 aliphatic carbocycles. The Hall–Kier alpha value is -3.23. The van der Waals surface area contributed by atoms with Gasteiger partial charge in [0.2, 0.25) is 11.8 Å². The van der Waals surface area contributed by atoms with Crippen LogP contribution in [0.25, 0.3) is 0 Å². The highest BCUT2D eigenvalue weighted by atomic mass is 35.5. The summed E-state index contributed by atoms with van der Waals surface area (Å²) < 4.78 is 2.01. The molecular formula is C35H43ClN6O2. The average Bonchev–Trinajstić information content (AvgIpc) is 3.68. The lowest BCUT2D eigenvalue weighted by Gasteiger charge is -2.46. The topological polar surface area (TPSA) is 92.2 Å². The molecule has 5 atom stereocenters. The van der Waals surface area contributed by atoms with Crippen molar-refractivity contribution < 1.29 is 9.59 Å². The molecule has 2 unspecified atom stereocenters. The molecule has 0 bridgehead atoms. The van der Waals surface area contributed by atoms with Crippen molar-refractivity contribution in [3.05, 3.63) is 82.9 Å². The Kier molecular flexibility index (Phi) is 8.47. The number of nitrogens with one attached hydrogen (secondary N) is 2. The zero-order chi connectivity index (χ0) is 30.1. The third-order valence-electron chi connectivity index (χ3n) is 11.2. The molecule has 0 radical (unpaired) electrons. The van der Waals surface area contributed by atoms with E-state index < -0.39 is 6.04 Å². The standard InChI is InChI=1S/C35H43ClN6O2/c36-28-11-9-24(10-12-28)17-32(40-33(43)31-18-25-5-1-2-6-26(25)20-38-31)34(44)41-15-13-35(14-16-41)19-27(21-42-23-37-22-39-42)29-7-3-4-8-30(29)35/h1-2,5-6,9-12,22-23,27,29-32,38H,3-4,7-8,13-21H2,(H,40,43)/t27-,29?,30?,31+,32-/m0/s1. The minimum atomic E-state index is -0.622. The van der Waals surface area contributed by atoms with Gasteiger partial charge in [-0.1, -0.05) is 60.8 Å². The number of hydrogen-bond donors (Lipinski definition) is 2. The van der Waals surface area contributed by atoms with Crippen LogP contribution in [0, 0.1) is 23.2 Å². The maximum atomic E-state index is 14.2. The van der Waals surface area contributed by atoms with Gasteiger partial charge < -0.3 is 15.5 Å². The number of carbonyl (C=O) groups excluding carboxylic acids is 2. The molecular weight excluding hydrogens is 572 g/mol. The van der Waals surface area contributed by atoms with E-state index in [1.807, 2.05) is 52.3 Å². The number of likely N-dealkylation sites (tertiary alicyclic amines) is 1. The van der Waals surface area contributed by atoms with Gasteiger partial charge in [0.1, 0.15) is 18.7 Å². The largest absolute Gasteiger partial charge is 0.343 e. The van der Waals surface area contributed by atoms with E-state index in [0.29, 0.717) is 35.7 Å². The first-order valence-corrected chi connectivity index (χ1v) is 16.8. The highest BCUT2D eigenvalue weighted by Gasteiger charge is 2.54. The van der Waals surface area contributed by atoms with E-state index in [4.69, 9.17) is 11.6 Å². The highest BCUT2D eigenvalue weighted by Crippen LogP contribution is 2.60. The van der Waals surface area contributed by atoms with E-state index in [1.165, 1.54) is 43.2 Å². The van der Waals surface area contributed by atoms with Crippen LogP contribution in [0.2, 0.25) is 5.02 Å². The van der Waals surface area contributed by atoms with Crippen molar-refractivity contribution in [3.8, 4) is 0 Å². The average molecular weight is 615 g/mol. The molecule has 2 N–H and O–H groups in total. The van der Waals surface area contributed by atoms with E-state index in [9.17, 15) is 9.59 Å². The van der Waals surface area contributed by atoms with Crippen LogP contribution >= 0.6 is 11.6 Å². The van der Waals surface area contributed by atoms with Gasteiger partial charge in [0.05, 0.1) is 6.04 Å². The maximum Gasteiger partial charge on any atom is 0.245 e. The predicted molar refractivity (Wildman–Crippen MR) is 170 cm³/mol. The number of fused-ring (bicyclic) bond motifs is 3. The monoisotopic (exact) mass is 614 g/mol. The second-order valence-corrected chi connectivity index (χ2v) is 14.1. The van der Waals surface area contributed by atoms with Gasteiger partial charge in [-0.25, -0.2) is 4.98 Å². The predicted octanol–water partition coefficient (Wildman–Crippen LogP) is 4.81. The zero-order valence-electron chi connectivity index (χ0n) is 25.3. The minimum Gasteiger partial charge on any atom is -0.343 e. The maximum absolute atomic E-state index is 14.2. The number of aromatic nitrogens is 3. The molecule has 1 saturated heterocycles. The van der Waals surface area contributed by atoms with Crippen LogP contribution < -0.4 is 10.6 Å². The molecule has 8 nitrogen and oxygen atoms in total. The number of carbonyl (C=O) groups is 2. The Bertz CT molecular complexity index is 1450. The van der Waals surface area contributed by atoms with Gasteiger partial charge in [0.15, 0.2) is 0 Å². The Morgan fingerprint density at radius 1 is 1.05 bits per heavy atom. The first kappa shape index (κ1) is 29.5. The lowest BCUT2D eigenvalue weighted by molar-refractivity contribution is -0.139. The Labute approximate surface area is 264 Å². The summed E-state index contributed by atoms with van der Waals surface area (Å²) in [5, 5.41) is 11.6. The molecule has 2 saturated carbocycles. The van der Waals surface area contributed by atoms with Gasteiger partial charge >= 0.3 is 0 Å². The first-order valence-electron chi connectivity index (χ1n) is 16.4. The smallest absolute Gasteiger partial charge is 0.245 e. The normalized spacial score (nSPS) is 26.5. The molecule has 4 aliphatic rings. The van der Waals surface area contributed by atoms with E-state index in [-0.39, 0.29) is 17.9 Å². The van der Waals surface area contributed by atoms with Crippen LogP contribution in [-0.2, 0) is 35.5 Å². The van der Waals surface area contributed by atoms with E-state index in [2.05, 4.69) is 32.8 Å². The summed E-state index contributed by atoms with van der Waals surface area (Å²) in [7, 11) is 0. The molecule has 3 fully saturated rings. The van der Waals surface area contributed by atoms with Crippen LogP contribution in [-0.4, -0.2) is 56.7 Å². The van der Waals surface area contributed by atoms with Crippen LogP contribution in [0.15, 0.2) is 61.2 Å². The number of nitrogens with zero attached hydrogens (tertiary/aromatic N) is 4. The molecule has 9 heteroatoms. The number of halogens is 1. The Balaban J connectivity index is 1.05. The summed E-state index contributed by atoms with van der Waals surface area (Å²) in [6.45, 7) is 3.10. The highest BCUT2D eigenvalue weighted by molar-refractivity contribution is 6.30. The summed E-state index contributed by atoms with van der Waals surface area (Å²) in [4.78, 5) is 34.0. The summed E-state index contributed by atoms with van der Waals surface area (Å²) in [6.07, 6.45) is 13.1. The molecule has 1 spiro atoms. The quantitative estimate of drug-likeness (QED) is 0.399. The lowest BCUT2D eigenvalue weighted by atomic mass is 9.65. The van der Waals surface area contributed by atoms with Gasteiger partial charge in [-0.15, -0.1) is 0 Å². The number of hydrogen-bond acceptors (Lipinski definition) is 5. The molecule has 2 amide bonds. The number of amides is 2. The van der Waals surface area contributed by atoms with Crippen molar-refractivity contribution >= 4 is 23.4 Å². The van der Waals surface area contributed by atoms with Crippen molar-refractivity contribution in [2.75, 3.05) is 13.1 Å². The van der Waals surface area contributed by atoms with Crippen molar-refractivity contribution in [2.24, 2.45) is 23.2 Å². The SMILES string of the molecule is O=C(N[C@@H](Cc1ccc(Cl)cc1)C(=O)N1CCC2(CC1)C[C@@H](Cn1cncn1)C1CCCCC12)[C@H]1Cc2ccccc2CN1. The summed E-state index contributed by atoms with van der Waals surface area (Å²) >= 11 is 6.16. The van der Waals surface area contributed by atoms with Gasteiger partial charge in [-0.3, -0.25) is 14.3 Å². The second kappa shape index (κ2) is 12.6. The number of piperidine rings is 1. The van der Waals surface area contributed by atoms with E-state index >= 15 is 0 Å². The van der Waals surface area contributed by atoms with E-state index in [0.717, 1.165) is 49.9 Å². The number of benzene rings is 2. The fourth-order valence-electron chi connectivity index (χ4n) is 9.01. The van der Waals surface area contributed by atoms with Crippen molar-refractivity contribution in [3.63, 3.8) is 0 Å². The first-order chi connectivity index (χ1) is 21.5. The Morgan fingerprint density at radius 3 is 2.59 bits per heavy atom. The molecule has 2 aliphatic heterocycles. The van der Waals surface area contributed by atoms with Crippen molar-refractivity contribution in [1.82, 2.24) is 30.3 Å². The molecule has 3 aromatic rings. The lowest BCUT2D eigenvalue weighted by Crippen LogP contribution is -2.57. The minimum absolute atomic E-state index is 0.0247. The summed E-state index contributed by atoms with van der Waals surface area (Å²) in [5.41, 5.74) is 3.69. The number of rotatable bonds is 7. The fourth-order valence-corrected chi connectivity index (χ4v) is 9.14. The Morgan fingerprint density at radius 2 is 1.82 bits per heavy atom. The van der Waals surface area contributed by atoms with Crippen molar-refractivity contribution in [2.45, 2.75) is 83.0 Å². The van der Waals surface area contributed by atoms with Gasteiger partial charge in [0, 0.05) is 37.6 Å². The van der Waals surface area contributed by atoms with Gasteiger partial charge in [0.25, 0.3) is 0 Å². The van der Waals surface area contributed by atoms with Crippen LogP contribution in [0.5, 0.6) is 0 Å². The van der Waals surface area contributed by atoms with Crippen molar-refractivity contribution in [1.29, 1.82) is 0 Å². The van der Waals surface area contributed by atoms with Crippen LogP contribution in [0.4, 0.5) is 0 Å².